The molecule has 162 valence electrons. The summed E-state index contributed by atoms with van der Waals surface area (Å²) in [6, 6.07) is 15.0. The first-order valence-corrected chi connectivity index (χ1v) is 10.5. The Kier molecular flexibility index (Phi) is 8.04. The molecule has 0 bridgehead atoms. The second-order valence-electron chi connectivity index (χ2n) is 8.65. The van der Waals surface area contributed by atoms with Gasteiger partial charge in [-0.25, -0.2) is 0 Å². The van der Waals surface area contributed by atoms with Gasteiger partial charge >= 0.3 is 0 Å². The van der Waals surface area contributed by atoms with E-state index < -0.39 is 6.04 Å². The van der Waals surface area contributed by atoms with Crippen molar-refractivity contribution in [3.05, 3.63) is 65.2 Å². The number of nitrogens with one attached hydrogen (secondary N) is 1. The van der Waals surface area contributed by atoms with Crippen LogP contribution in [-0.4, -0.2) is 34.9 Å². The molecule has 2 amide bonds. The maximum absolute atomic E-state index is 13.1. The molecule has 0 saturated heterocycles. The standard InChI is InChI=1S/C25H34N2O3/c1-7-20-12-14-22(15-13-20)30-17-23(28)27(16-21-11-9-8-10-18(21)2)19(3)24(29)26-25(4,5)6/h8-15,19H,7,16-17H2,1-6H3,(H,26,29). The lowest BCUT2D eigenvalue weighted by Crippen LogP contribution is -2.53. The summed E-state index contributed by atoms with van der Waals surface area (Å²) >= 11 is 0. The summed E-state index contributed by atoms with van der Waals surface area (Å²) in [5.74, 6) is 0.231. The van der Waals surface area contributed by atoms with Gasteiger partial charge in [0.05, 0.1) is 0 Å². The zero-order valence-corrected chi connectivity index (χ0v) is 19.0. The van der Waals surface area contributed by atoms with Crippen LogP contribution in [0.3, 0.4) is 0 Å². The van der Waals surface area contributed by atoms with Gasteiger partial charge in [-0.15, -0.1) is 0 Å². The van der Waals surface area contributed by atoms with E-state index in [1.165, 1.54) is 5.56 Å². The van der Waals surface area contributed by atoms with Gasteiger partial charge in [0.25, 0.3) is 5.91 Å². The molecule has 0 fully saturated rings. The van der Waals surface area contributed by atoms with Crippen LogP contribution in [0.5, 0.6) is 5.75 Å². The van der Waals surface area contributed by atoms with E-state index in [1.54, 1.807) is 11.8 Å². The number of aryl methyl sites for hydroxylation is 2. The van der Waals surface area contributed by atoms with Gasteiger partial charge in [0.1, 0.15) is 11.8 Å². The Morgan fingerprint density at radius 2 is 1.70 bits per heavy atom. The van der Waals surface area contributed by atoms with Crippen molar-refractivity contribution in [2.24, 2.45) is 0 Å². The van der Waals surface area contributed by atoms with Crippen LogP contribution in [0.25, 0.3) is 0 Å². The number of nitrogens with zero attached hydrogens (tertiary/aromatic N) is 1. The van der Waals surface area contributed by atoms with E-state index >= 15 is 0 Å². The van der Waals surface area contributed by atoms with Crippen LogP contribution in [0.1, 0.15) is 51.3 Å². The third kappa shape index (κ3) is 6.90. The number of ether oxygens (including phenoxy) is 1. The highest BCUT2D eigenvalue weighted by atomic mass is 16.5. The highest BCUT2D eigenvalue weighted by molar-refractivity contribution is 5.88. The fourth-order valence-electron chi connectivity index (χ4n) is 3.08. The monoisotopic (exact) mass is 410 g/mol. The molecule has 0 radical (unpaired) electrons. The van der Waals surface area contributed by atoms with Crippen LogP contribution in [0.4, 0.5) is 0 Å². The Morgan fingerprint density at radius 1 is 1.07 bits per heavy atom. The molecule has 0 spiro atoms. The zero-order valence-electron chi connectivity index (χ0n) is 19.0. The van der Waals surface area contributed by atoms with E-state index in [1.807, 2.05) is 76.2 Å². The summed E-state index contributed by atoms with van der Waals surface area (Å²) in [5.41, 5.74) is 2.92. The molecule has 0 aromatic heterocycles. The maximum atomic E-state index is 13.1. The van der Waals surface area contributed by atoms with E-state index in [0.29, 0.717) is 12.3 Å². The minimum absolute atomic E-state index is 0.121. The van der Waals surface area contributed by atoms with E-state index in [0.717, 1.165) is 17.5 Å². The third-order valence-corrected chi connectivity index (χ3v) is 4.96. The second kappa shape index (κ2) is 10.3. The first kappa shape index (κ1) is 23.5. The van der Waals surface area contributed by atoms with Crippen LogP contribution < -0.4 is 10.1 Å². The van der Waals surface area contributed by atoms with Crippen molar-refractivity contribution in [2.45, 2.75) is 66.1 Å². The van der Waals surface area contributed by atoms with Gasteiger partial charge in [-0.1, -0.05) is 43.3 Å². The fraction of sp³-hybridized carbons (Fsp3) is 0.440. The molecule has 2 rings (SSSR count). The lowest BCUT2D eigenvalue weighted by molar-refractivity contribution is -0.142. The number of carbonyl (C=O) groups is 2. The molecule has 30 heavy (non-hydrogen) atoms. The molecule has 2 aromatic carbocycles. The van der Waals surface area contributed by atoms with Crippen LogP contribution in [0.2, 0.25) is 0 Å². The first-order valence-electron chi connectivity index (χ1n) is 10.5. The van der Waals surface area contributed by atoms with Crippen molar-refractivity contribution in [1.82, 2.24) is 10.2 Å². The van der Waals surface area contributed by atoms with Crippen LogP contribution in [0, 0.1) is 6.92 Å². The molecule has 0 aliphatic rings. The first-order chi connectivity index (χ1) is 14.1. The van der Waals surface area contributed by atoms with Gasteiger partial charge in [-0.3, -0.25) is 9.59 Å². The van der Waals surface area contributed by atoms with E-state index in [4.69, 9.17) is 4.74 Å². The van der Waals surface area contributed by atoms with E-state index in [-0.39, 0.29) is 24.0 Å². The lowest BCUT2D eigenvalue weighted by Gasteiger charge is -2.31. The molecular weight excluding hydrogens is 376 g/mol. The lowest BCUT2D eigenvalue weighted by atomic mass is 10.1. The number of benzene rings is 2. The maximum Gasteiger partial charge on any atom is 0.261 e. The molecule has 0 heterocycles. The third-order valence-electron chi connectivity index (χ3n) is 4.96. The van der Waals surface area contributed by atoms with Gasteiger partial charge in [0.2, 0.25) is 5.91 Å². The SMILES string of the molecule is CCc1ccc(OCC(=O)N(Cc2ccccc2C)C(C)C(=O)NC(C)(C)C)cc1. The number of hydrogen-bond acceptors (Lipinski definition) is 3. The van der Waals surface area contributed by atoms with Gasteiger partial charge in [-0.2, -0.15) is 0 Å². The summed E-state index contributed by atoms with van der Waals surface area (Å²) in [6.07, 6.45) is 0.948. The van der Waals surface area contributed by atoms with Crippen molar-refractivity contribution >= 4 is 11.8 Å². The Labute approximate surface area is 180 Å². The van der Waals surface area contributed by atoms with Crippen molar-refractivity contribution in [3.63, 3.8) is 0 Å². The quantitative estimate of drug-likeness (QED) is 0.707. The van der Waals surface area contributed by atoms with Crippen LogP contribution >= 0.6 is 0 Å². The van der Waals surface area contributed by atoms with Gasteiger partial charge < -0.3 is 15.0 Å². The van der Waals surface area contributed by atoms with Crippen molar-refractivity contribution in [1.29, 1.82) is 0 Å². The van der Waals surface area contributed by atoms with Crippen molar-refractivity contribution in [2.75, 3.05) is 6.61 Å². The van der Waals surface area contributed by atoms with Crippen LogP contribution in [-0.2, 0) is 22.6 Å². The summed E-state index contributed by atoms with van der Waals surface area (Å²) in [5, 5.41) is 2.97. The number of rotatable bonds is 8. The molecule has 2 aromatic rings. The molecule has 0 saturated carbocycles. The molecular formula is C25H34N2O3. The Hall–Kier alpha value is -2.82. The summed E-state index contributed by atoms with van der Waals surface area (Å²) in [7, 11) is 0. The summed E-state index contributed by atoms with van der Waals surface area (Å²) < 4.78 is 5.72. The molecule has 1 unspecified atom stereocenters. The Balaban J connectivity index is 2.16. The summed E-state index contributed by atoms with van der Waals surface area (Å²) in [4.78, 5) is 27.5. The largest absolute Gasteiger partial charge is 0.484 e. The zero-order chi connectivity index (χ0) is 22.3. The predicted octanol–water partition coefficient (Wildman–Crippen LogP) is 4.27. The average Bonchev–Trinajstić information content (AvgIpc) is 2.70. The smallest absolute Gasteiger partial charge is 0.261 e. The minimum Gasteiger partial charge on any atom is -0.484 e. The molecule has 0 aliphatic heterocycles. The Morgan fingerprint density at radius 3 is 2.27 bits per heavy atom. The predicted molar refractivity (Wildman–Crippen MR) is 120 cm³/mol. The number of amides is 2. The molecule has 5 heteroatoms. The van der Waals surface area contributed by atoms with E-state index in [2.05, 4.69) is 12.2 Å². The molecule has 1 N–H and O–H groups in total. The topological polar surface area (TPSA) is 58.6 Å². The minimum atomic E-state index is -0.623. The van der Waals surface area contributed by atoms with E-state index in [9.17, 15) is 9.59 Å². The highest BCUT2D eigenvalue weighted by Crippen LogP contribution is 2.16. The molecule has 5 nitrogen and oxygen atoms in total. The van der Waals surface area contributed by atoms with Gasteiger partial charge in [-0.05, 0) is 69.9 Å². The molecule has 1 atom stereocenters. The molecule has 0 aliphatic carbocycles. The van der Waals surface area contributed by atoms with Gasteiger partial charge in [0.15, 0.2) is 6.61 Å². The Bertz CT molecular complexity index is 853. The normalized spacial score (nSPS) is 12.2. The highest BCUT2D eigenvalue weighted by Gasteiger charge is 2.28. The van der Waals surface area contributed by atoms with Crippen molar-refractivity contribution < 1.29 is 14.3 Å². The van der Waals surface area contributed by atoms with Crippen molar-refractivity contribution in [3.8, 4) is 5.75 Å². The number of carbonyl (C=O) groups excluding carboxylic acids is 2. The second-order valence-corrected chi connectivity index (χ2v) is 8.65. The average molecular weight is 411 g/mol. The fourth-order valence-corrected chi connectivity index (χ4v) is 3.08. The van der Waals surface area contributed by atoms with Gasteiger partial charge in [0, 0.05) is 12.1 Å². The number of hydrogen-bond donors (Lipinski definition) is 1. The van der Waals surface area contributed by atoms with Crippen LogP contribution in [0.15, 0.2) is 48.5 Å². The summed E-state index contributed by atoms with van der Waals surface area (Å²) in [6.45, 7) is 11.9.